The number of hydrogen-bond donors (Lipinski definition) is 1. The van der Waals surface area contributed by atoms with Crippen LogP contribution in [0, 0.1) is 24.7 Å². The summed E-state index contributed by atoms with van der Waals surface area (Å²) in [5.74, 6) is 4.06. The normalized spacial score (nSPS) is 28.8. The van der Waals surface area contributed by atoms with Crippen LogP contribution in [0.2, 0.25) is 0 Å². The summed E-state index contributed by atoms with van der Waals surface area (Å²) in [5, 5.41) is 3.51. The maximum atomic E-state index is 5.91. The van der Waals surface area contributed by atoms with Gasteiger partial charge in [-0.1, -0.05) is 18.6 Å². The first kappa shape index (κ1) is 14.9. The molecule has 1 aromatic carbocycles. The van der Waals surface area contributed by atoms with Crippen LogP contribution in [0.15, 0.2) is 24.3 Å². The van der Waals surface area contributed by atoms with Gasteiger partial charge in [0.1, 0.15) is 5.75 Å². The largest absolute Gasteiger partial charge is 0.494 e. The molecule has 0 saturated heterocycles. The molecule has 2 bridgehead atoms. The maximum Gasteiger partial charge on any atom is 0.119 e. The maximum absolute atomic E-state index is 5.91. The number of nitrogens with one attached hydrogen (secondary N) is 1. The Morgan fingerprint density at radius 2 is 2.19 bits per heavy atom. The Morgan fingerprint density at radius 1 is 1.29 bits per heavy atom. The van der Waals surface area contributed by atoms with Gasteiger partial charge in [-0.05, 0) is 81.5 Å². The van der Waals surface area contributed by atoms with Gasteiger partial charge in [0.05, 0.1) is 6.61 Å². The van der Waals surface area contributed by atoms with E-state index in [2.05, 4.69) is 43.6 Å². The molecule has 0 amide bonds. The molecule has 0 spiro atoms. The molecule has 0 heterocycles. The van der Waals surface area contributed by atoms with E-state index in [9.17, 15) is 0 Å². The molecule has 4 unspecified atom stereocenters. The molecule has 116 valence electrons. The summed E-state index contributed by atoms with van der Waals surface area (Å²) < 4.78 is 5.91. The Balaban J connectivity index is 1.42. The molecule has 2 fully saturated rings. The van der Waals surface area contributed by atoms with Gasteiger partial charge in [-0.2, -0.15) is 0 Å². The summed E-state index contributed by atoms with van der Waals surface area (Å²) in [6.07, 6.45) is 8.45. The second kappa shape index (κ2) is 6.83. The highest BCUT2D eigenvalue weighted by Gasteiger charge is 2.39. The van der Waals surface area contributed by atoms with Gasteiger partial charge < -0.3 is 10.1 Å². The van der Waals surface area contributed by atoms with Gasteiger partial charge in [0.15, 0.2) is 0 Å². The zero-order valence-corrected chi connectivity index (χ0v) is 13.5. The lowest BCUT2D eigenvalue weighted by atomic mass is 9.83. The van der Waals surface area contributed by atoms with Gasteiger partial charge in [-0.15, -0.1) is 0 Å². The molecule has 21 heavy (non-hydrogen) atoms. The van der Waals surface area contributed by atoms with Gasteiger partial charge in [0, 0.05) is 6.04 Å². The van der Waals surface area contributed by atoms with Crippen molar-refractivity contribution in [3.8, 4) is 5.75 Å². The molecule has 2 heteroatoms. The lowest BCUT2D eigenvalue weighted by Crippen LogP contribution is -2.31. The van der Waals surface area contributed by atoms with Gasteiger partial charge in [-0.3, -0.25) is 0 Å². The third-order valence-corrected chi connectivity index (χ3v) is 5.60. The van der Waals surface area contributed by atoms with Gasteiger partial charge in [0.25, 0.3) is 0 Å². The number of hydrogen-bond acceptors (Lipinski definition) is 2. The van der Waals surface area contributed by atoms with E-state index >= 15 is 0 Å². The Morgan fingerprint density at radius 3 is 2.86 bits per heavy atom. The zero-order valence-electron chi connectivity index (χ0n) is 13.5. The Bertz CT molecular complexity index is 459. The smallest absolute Gasteiger partial charge is 0.119 e. The van der Waals surface area contributed by atoms with E-state index in [1.807, 2.05) is 0 Å². The molecule has 2 aliphatic rings. The second-order valence-corrected chi connectivity index (χ2v) is 7.11. The van der Waals surface area contributed by atoms with E-state index in [1.54, 1.807) is 0 Å². The lowest BCUT2D eigenvalue weighted by Gasteiger charge is -2.26. The number of ether oxygens (including phenoxy) is 1. The molecule has 0 aliphatic heterocycles. The van der Waals surface area contributed by atoms with E-state index in [0.29, 0.717) is 6.04 Å². The van der Waals surface area contributed by atoms with Crippen molar-refractivity contribution in [1.29, 1.82) is 0 Å². The van der Waals surface area contributed by atoms with Crippen molar-refractivity contribution in [2.75, 3.05) is 13.7 Å². The molecule has 2 saturated carbocycles. The molecular weight excluding hydrogens is 258 g/mol. The fraction of sp³-hybridized carbons (Fsp3) is 0.684. The van der Waals surface area contributed by atoms with Crippen LogP contribution >= 0.6 is 0 Å². The molecule has 0 aromatic heterocycles. The van der Waals surface area contributed by atoms with Crippen molar-refractivity contribution in [2.24, 2.45) is 17.8 Å². The van der Waals surface area contributed by atoms with E-state index < -0.39 is 0 Å². The van der Waals surface area contributed by atoms with Crippen molar-refractivity contribution in [3.63, 3.8) is 0 Å². The summed E-state index contributed by atoms with van der Waals surface area (Å²) in [7, 11) is 2.10. The van der Waals surface area contributed by atoms with Crippen LogP contribution in [0.25, 0.3) is 0 Å². The van der Waals surface area contributed by atoms with Crippen LogP contribution in [0.1, 0.15) is 44.1 Å². The van der Waals surface area contributed by atoms with Crippen LogP contribution in [0.4, 0.5) is 0 Å². The highest BCUT2D eigenvalue weighted by Crippen LogP contribution is 2.49. The Kier molecular flexibility index (Phi) is 4.84. The minimum atomic E-state index is 0.610. The molecule has 1 aromatic rings. The molecule has 3 rings (SSSR count). The van der Waals surface area contributed by atoms with Crippen LogP contribution in [-0.4, -0.2) is 19.7 Å². The minimum Gasteiger partial charge on any atom is -0.494 e. The first-order chi connectivity index (χ1) is 10.2. The average molecular weight is 287 g/mol. The first-order valence-corrected chi connectivity index (χ1v) is 8.61. The summed E-state index contributed by atoms with van der Waals surface area (Å²) in [4.78, 5) is 0. The Hall–Kier alpha value is -1.02. The number of rotatable bonds is 7. The minimum absolute atomic E-state index is 0.610. The quantitative estimate of drug-likeness (QED) is 0.812. The van der Waals surface area contributed by atoms with Crippen molar-refractivity contribution < 1.29 is 4.74 Å². The molecule has 1 N–H and O–H groups in total. The number of fused-ring (bicyclic) bond motifs is 2. The van der Waals surface area contributed by atoms with Crippen LogP contribution < -0.4 is 10.1 Å². The molecule has 0 radical (unpaired) electrons. The molecule has 4 atom stereocenters. The fourth-order valence-electron chi connectivity index (χ4n) is 4.43. The van der Waals surface area contributed by atoms with Crippen molar-refractivity contribution in [1.82, 2.24) is 5.32 Å². The monoisotopic (exact) mass is 287 g/mol. The predicted octanol–water partition coefficient (Wildman–Crippen LogP) is 4.18. The summed E-state index contributed by atoms with van der Waals surface area (Å²) >= 11 is 0. The van der Waals surface area contributed by atoms with Gasteiger partial charge in [-0.25, -0.2) is 0 Å². The second-order valence-electron chi connectivity index (χ2n) is 7.11. The number of aryl methyl sites for hydroxylation is 1. The molecular formula is C19H29NO. The van der Waals surface area contributed by atoms with E-state index in [1.165, 1.54) is 37.7 Å². The SMILES string of the molecule is CNC(CCOc1cccc(C)c1)CC1CC2CCC1C2. The van der Waals surface area contributed by atoms with E-state index in [-0.39, 0.29) is 0 Å². The van der Waals surface area contributed by atoms with Crippen molar-refractivity contribution >= 4 is 0 Å². The predicted molar refractivity (Wildman–Crippen MR) is 87.7 cm³/mol. The van der Waals surface area contributed by atoms with E-state index in [0.717, 1.165) is 36.5 Å². The summed E-state index contributed by atoms with van der Waals surface area (Å²) in [5.41, 5.74) is 1.26. The van der Waals surface area contributed by atoms with Crippen LogP contribution in [-0.2, 0) is 0 Å². The molecule has 2 aliphatic carbocycles. The van der Waals surface area contributed by atoms with E-state index in [4.69, 9.17) is 4.74 Å². The molecule has 2 nitrogen and oxygen atoms in total. The van der Waals surface area contributed by atoms with Crippen LogP contribution in [0.5, 0.6) is 5.75 Å². The fourth-order valence-corrected chi connectivity index (χ4v) is 4.43. The Labute approximate surface area is 129 Å². The van der Waals surface area contributed by atoms with Crippen molar-refractivity contribution in [2.45, 2.75) is 51.5 Å². The highest BCUT2D eigenvalue weighted by molar-refractivity contribution is 5.27. The summed E-state index contributed by atoms with van der Waals surface area (Å²) in [6, 6.07) is 8.95. The average Bonchev–Trinajstić information content (AvgIpc) is 3.09. The standard InChI is InChI=1S/C19H29NO/c1-14-4-3-5-19(10-14)21-9-8-18(20-2)13-17-12-15-6-7-16(17)11-15/h3-5,10,15-18,20H,6-9,11-13H2,1-2H3. The number of benzene rings is 1. The topological polar surface area (TPSA) is 21.3 Å². The van der Waals surface area contributed by atoms with Gasteiger partial charge >= 0.3 is 0 Å². The van der Waals surface area contributed by atoms with Crippen molar-refractivity contribution in [3.05, 3.63) is 29.8 Å². The third-order valence-electron chi connectivity index (χ3n) is 5.60. The van der Waals surface area contributed by atoms with Gasteiger partial charge in [0.2, 0.25) is 0 Å². The lowest BCUT2D eigenvalue weighted by molar-refractivity contribution is 0.243. The highest BCUT2D eigenvalue weighted by atomic mass is 16.5. The third kappa shape index (κ3) is 3.79. The van der Waals surface area contributed by atoms with Crippen LogP contribution in [0.3, 0.4) is 0 Å². The zero-order chi connectivity index (χ0) is 14.7. The summed E-state index contributed by atoms with van der Waals surface area (Å²) in [6.45, 7) is 2.92. The first-order valence-electron chi connectivity index (χ1n) is 8.61.